The zero-order valence-electron chi connectivity index (χ0n) is 17.1. The van der Waals surface area contributed by atoms with Gasteiger partial charge in [-0.15, -0.1) is 0 Å². The number of rotatable bonds is 8. The van der Waals surface area contributed by atoms with Crippen molar-refractivity contribution in [1.82, 2.24) is 9.97 Å². The standard InChI is InChI=1S/C24H20FN5O2/c25-20-11-13-21(14-12-20)28-23-22(30(31)32)24(27-17-26-23)29(15-18-7-3-1-4-8-18)16-19-9-5-2-6-10-19/h1-14,17H,15-16H2,(H,26,27,28). The van der Waals surface area contributed by atoms with Gasteiger partial charge in [0.1, 0.15) is 12.1 Å². The second kappa shape index (κ2) is 9.65. The van der Waals surface area contributed by atoms with Gasteiger partial charge in [-0.25, -0.2) is 14.4 Å². The van der Waals surface area contributed by atoms with Crippen molar-refractivity contribution in [1.29, 1.82) is 0 Å². The quantitative estimate of drug-likeness (QED) is 0.295. The second-order valence-electron chi connectivity index (χ2n) is 7.11. The molecule has 3 aromatic carbocycles. The van der Waals surface area contributed by atoms with Crippen LogP contribution in [0, 0.1) is 15.9 Å². The maximum atomic E-state index is 13.2. The van der Waals surface area contributed by atoms with Crippen LogP contribution in [0.1, 0.15) is 11.1 Å². The molecule has 4 rings (SSSR count). The molecule has 0 aliphatic rings. The van der Waals surface area contributed by atoms with Crippen LogP contribution in [-0.2, 0) is 13.1 Å². The molecule has 0 spiro atoms. The van der Waals surface area contributed by atoms with Crippen molar-refractivity contribution in [3.63, 3.8) is 0 Å². The molecule has 7 nitrogen and oxygen atoms in total. The van der Waals surface area contributed by atoms with Gasteiger partial charge in [0.15, 0.2) is 0 Å². The first-order valence-electron chi connectivity index (χ1n) is 9.95. The van der Waals surface area contributed by atoms with Gasteiger partial charge in [0.2, 0.25) is 11.6 Å². The summed E-state index contributed by atoms with van der Waals surface area (Å²) >= 11 is 0. The molecule has 4 aromatic rings. The normalized spacial score (nSPS) is 10.5. The molecule has 1 heterocycles. The molecule has 1 N–H and O–H groups in total. The van der Waals surface area contributed by atoms with Crippen molar-refractivity contribution < 1.29 is 9.31 Å². The Morgan fingerprint density at radius 3 is 1.94 bits per heavy atom. The number of nitrogens with one attached hydrogen (secondary N) is 1. The van der Waals surface area contributed by atoms with Gasteiger partial charge in [-0.2, -0.15) is 0 Å². The van der Waals surface area contributed by atoms with Crippen LogP contribution >= 0.6 is 0 Å². The molecule has 0 amide bonds. The first-order valence-corrected chi connectivity index (χ1v) is 9.95. The minimum atomic E-state index is -0.496. The van der Waals surface area contributed by atoms with Gasteiger partial charge in [0.05, 0.1) is 4.92 Å². The molecule has 1 aromatic heterocycles. The number of hydrogen-bond donors (Lipinski definition) is 1. The zero-order valence-corrected chi connectivity index (χ0v) is 17.1. The smallest absolute Gasteiger partial charge is 0.342 e. The average molecular weight is 429 g/mol. The Kier molecular flexibility index (Phi) is 6.31. The first-order chi connectivity index (χ1) is 15.6. The fourth-order valence-electron chi connectivity index (χ4n) is 3.34. The number of nitro groups is 1. The van der Waals surface area contributed by atoms with Crippen molar-refractivity contribution in [3.05, 3.63) is 118 Å². The van der Waals surface area contributed by atoms with Gasteiger partial charge < -0.3 is 10.2 Å². The van der Waals surface area contributed by atoms with Crippen LogP contribution in [0.25, 0.3) is 0 Å². The molecule has 160 valence electrons. The largest absolute Gasteiger partial charge is 0.353 e. The van der Waals surface area contributed by atoms with E-state index in [1.165, 1.54) is 30.6 Å². The van der Waals surface area contributed by atoms with Crippen LogP contribution < -0.4 is 10.2 Å². The molecule has 0 unspecified atom stereocenters. The Morgan fingerprint density at radius 1 is 0.844 bits per heavy atom. The van der Waals surface area contributed by atoms with E-state index in [2.05, 4.69) is 15.3 Å². The number of aromatic nitrogens is 2. The summed E-state index contributed by atoms with van der Waals surface area (Å²) in [4.78, 5) is 21.8. The molecule has 32 heavy (non-hydrogen) atoms. The molecule has 0 saturated heterocycles. The van der Waals surface area contributed by atoms with Gasteiger partial charge in [-0.05, 0) is 35.4 Å². The van der Waals surface area contributed by atoms with Crippen molar-refractivity contribution in [2.45, 2.75) is 13.1 Å². The highest BCUT2D eigenvalue weighted by atomic mass is 19.1. The predicted molar refractivity (Wildman–Crippen MR) is 121 cm³/mol. The van der Waals surface area contributed by atoms with Gasteiger partial charge in [-0.3, -0.25) is 10.1 Å². The molecule has 0 atom stereocenters. The lowest BCUT2D eigenvalue weighted by Crippen LogP contribution is -2.24. The van der Waals surface area contributed by atoms with E-state index < -0.39 is 10.7 Å². The summed E-state index contributed by atoms with van der Waals surface area (Å²) in [5, 5.41) is 15.0. The summed E-state index contributed by atoms with van der Waals surface area (Å²) in [6.07, 6.45) is 1.29. The number of halogens is 1. The van der Waals surface area contributed by atoms with Gasteiger partial charge in [-0.1, -0.05) is 60.7 Å². The van der Waals surface area contributed by atoms with Crippen LogP contribution in [0.5, 0.6) is 0 Å². The minimum absolute atomic E-state index is 0.0396. The van der Waals surface area contributed by atoms with E-state index in [0.29, 0.717) is 18.8 Å². The maximum Gasteiger partial charge on any atom is 0.353 e. The molecule has 0 radical (unpaired) electrons. The Balaban J connectivity index is 1.75. The van der Waals surface area contributed by atoms with E-state index in [-0.39, 0.29) is 17.3 Å². The van der Waals surface area contributed by atoms with E-state index in [4.69, 9.17) is 0 Å². The van der Waals surface area contributed by atoms with E-state index in [9.17, 15) is 14.5 Å². The topological polar surface area (TPSA) is 84.2 Å². The fraction of sp³-hybridized carbons (Fsp3) is 0.0833. The third-order valence-electron chi connectivity index (χ3n) is 4.82. The lowest BCUT2D eigenvalue weighted by molar-refractivity contribution is -0.383. The Labute approximate surface area is 184 Å². The average Bonchev–Trinajstić information content (AvgIpc) is 2.81. The molecule has 8 heteroatoms. The Bertz CT molecular complexity index is 1150. The molecule has 0 saturated carbocycles. The maximum absolute atomic E-state index is 13.2. The number of nitrogens with zero attached hydrogens (tertiary/aromatic N) is 4. The van der Waals surface area contributed by atoms with Crippen molar-refractivity contribution in [2.75, 3.05) is 10.2 Å². The highest BCUT2D eigenvalue weighted by Crippen LogP contribution is 2.35. The lowest BCUT2D eigenvalue weighted by Gasteiger charge is -2.24. The predicted octanol–water partition coefficient (Wildman–Crippen LogP) is 5.47. The van der Waals surface area contributed by atoms with Crippen molar-refractivity contribution in [2.24, 2.45) is 0 Å². The van der Waals surface area contributed by atoms with Gasteiger partial charge in [0.25, 0.3) is 0 Å². The molecule has 0 aliphatic carbocycles. The van der Waals surface area contributed by atoms with Crippen LogP contribution in [0.2, 0.25) is 0 Å². The third-order valence-corrected chi connectivity index (χ3v) is 4.82. The van der Waals surface area contributed by atoms with E-state index >= 15 is 0 Å². The fourth-order valence-corrected chi connectivity index (χ4v) is 3.34. The minimum Gasteiger partial charge on any atom is -0.342 e. The number of anilines is 3. The van der Waals surface area contributed by atoms with Crippen LogP contribution in [0.3, 0.4) is 0 Å². The van der Waals surface area contributed by atoms with Crippen molar-refractivity contribution >= 4 is 23.0 Å². The molecular weight excluding hydrogens is 409 g/mol. The van der Waals surface area contributed by atoms with Gasteiger partial charge >= 0.3 is 5.69 Å². The summed E-state index contributed by atoms with van der Waals surface area (Å²) in [5.74, 6) is -0.162. The highest BCUT2D eigenvalue weighted by molar-refractivity contribution is 5.74. The van der Waals surface area contributed by atoms with Gasteiger partial charge in [0, 0.05) is 18.8 Å². The number of benzene rings is 3. The van der Waals surface area contributed by atoms with E-state index in [1.807, 2.05) is 65.6 Å². The summed E-state index contributed by atoms with van der Waals surface area (Å²) in [6, 6.07) is 24.9. The first kappa shape index (κ1) is 20.9. The number of hydrogen-bond acceptors (Lipinski definition) is 6. The van der Waals surface area contributed by atoms with E-state index in [1.54, 1.807) is 0 Å². The van der Waals surface area contributed by atoms with Crippen LogP contribution in [0.4, 0.5) is 27.4 Å². The highest BCUT2D eigenvalue weighted by Gasteiger charge is 2.27. The van der Waals surface area contributed by atoms with Crippen molar-refractivity contribution in [3.8, 4) is 0 Å². The molecular formula is C24H20FN5O2. The van der Waals surface area contributed by atoms with Crippen LogP contribution in [0.15, 0.2) is 91.3 Å². The van der Waals surface area contributed by atoms with E-state index in [0.717, 1.165) is 11.1 Å². The van der Waals surface area contributed by atoms with Crippen LogP contribution in [-0.4, -0.2) is 14.9 Å². The molecule has 0 fully saturated rings. The summed E-state index contributed by atoms with van der Waals surface area (Å²) in [5.41, 5.74) is 2.22. The monoisotopic (exact) mass is 429 g/mol. The summed E-state index contributed by atoms with van der Waals surface area (Å²) < 4.78 is 13.2. The third kappa shape index (κ3) is 5.04. The Hall–Kier alpha value is -4.33. The molecule has 0 aliphatic heterocycles. The lowest BCUT2D eigenvalue weighted by atomic mass is 10.1. The SMILES string of the molecule is O=[N+]([O-])c1c(Nc2ccc(F)cc2)ncnc1N(Cc1ccccc1)Cc1ccccc1. The zero-order chi connectivity index (χ0) is 22.3. The second-order valence-corrected chi connectivity index (χ2v) is 7.11. The summed E-state index contributed by atoms with van der Waals surface area (Å²) in [7, 11) is 0. The Morgan fingerprint density at radius 2 is 1.41 bits per heavy atom. The summed E-state index contributed by atoms with van der Waals surface area (Å²) in [6.45, 7) is 0.840. The molecule has 0 bridgehead atoms.